The van der Waals surface area contributed by atoms with Crippen LogP contribution in [0.15, 0.2) is 188 Å². The summed E-state index contributed by atoms with van der Waals surface area (Å²) in [6.45, 7) is 0. The Balaban J connectivity index is 1.24. The maximum absolute atomic E-state index is 2.42. The van der Waals surface area contributed by atoms with Gasteiger partial charge in [-0.2, -0.15) is 0 Å². The fourth-order valence-electron chi connectivity index (χ4n) is 8.78. The van der Waals surface area contributed by atoms with Gasteiger partial charge in [-0.15, -0.1) is 0 Å². The molecule has 0 saturated heterocycles. The summed E-state index contributed by atoms with van der Waals surface area (Å²) in [5.41, 5.74) is 8.66. The van der Waals surface area contributed by atoms with Gasteiger partial charge >= 0.3 is 0 Å². The molecule has 0 unspecified atom stereocenters. The minimum atomic E-state index is 1.16. The highest BCUT2D eigenvalue weighted by atomic mass is 15.0. The van der Waals surface area contributed by atoms with E-state index in [0.29, 0.717) is 0 Å². The maximum Gasteiger partial charge on any atom is 0.0541 e. The summed E-state index contributed by atoms with van der Waals surface area (Å²) >= 11 is 0. The van der Waals surface area contributed by atoms with Gasteiger partial charge in [0.2, 0.25) is 0 Å². The van der Waals surface area contributed by atoms with Gasteiger partial charge in [-0.05, 0) is 106 Å². The van der Waals surface area contributed by atoms with E-state index in [1.807, 2.05) is 0 Å². The van der Waals surface area contributed by atoms with Crippen LogP contribution in [0, 0.1) is 0 Å². The zero-order chi connectivity index (χ0) is 33.5. The summed E-state index contributed by atoms with van der Waals surface area (Å²) in [6.07, 6.45) is 0. The van der Waals surface area contributed by atoms with Crippen molar-refractivity contribution in [3.05, 3.63) is 188 Å². The largest absolute Gasteiger partial charge is 0.309 e. The summed E-state index contributed by atoms with van der Waals surface area (Å²) in [6, 6.07) is 69.3. The van der Waals surface area contributed by atoms with Gasteiger partial charge in [0.15, 0.2) is 0 Å². The number of nitrogens with zero attached hydrogens (tertiary/aromatic N) is 1. The predicted molar refractivity (Wildman–Crippen MR) is 219 cm³/mol. The molecule has 0 N–H and O–H groups in total. The third-order valence-corrected chi connectivity index (χ3v) is 10.9. The van der Waals surface area contributed by atoms with Crippen LogP contribution in [0.3, 0.4) is 0 Å². The monoisotopic (exact) mass is 645 g/mol. The first-order valence-electron chi connectivity index (χ1n) is 17.7. The fourth-order valence-corrected chi connectivity index (χ4v) is 8.78. The van der Waals surface area contributed by atoms with Gasteiger partial charge in [0.25, 0.3) is 0 Å². The van der Waals surface area contributed by atoms with Crippen LogP contribution in [0.1, 0.15) is 0 Å². The number of rotatable bonds is 3. The van der Waals surface area contributed by atoms with Crippen molar-refractivity contribution in [3.63, 3.8) is 0 Å². The highest BCUT2D eigenvalue weighted by Crippen LogP contribution is 2.48. The zero-order valence-corrected chi connectivity index (χ0v) is 27.8. The van der Waals surface area contributed by atoms with Gasteiger partial charge in [0.05, 0.1) is 11.0 Å². The second kappa shape index (κ2) is 10.9. The molecular formula is C50H31N. The molecule has 0 aliphatic heterocycles. The molecule has 0 bridgehead atoms. The lowest BCUT2D eigenvalue weighted by molar-refractivity contribution is 1.18. The minimum Gasteiger partial charge on any atom is -0.309 e. The molecule has 1 nitrogen and oxygen atoms in total. The maximum atomic E-state index is 2.42. The molecular weight excluding hydrogens is 615 g/mol. The Morgan fingerprint density at radius 1 is 0.294 bits per heavy atom. The predicted octanol–water partition coefficient (Wildman–Crippen LogP) is 13.9. The molecule has 0 atom stereocenters. The number of hydrogen-bond donors (Lipinski definition) is 0. The number of benzene rings is 10. The van der Waals surface area contributed by atoms with Crippen LogP contribution >= 0.6 is 0 Å². The Morgan fingerprint density at radius 3 is 1.49 bits per heavy atom. The van der Waals surface area contributed by atoms with Gasteiger partial charge in [-0.25, -0.2) is 0 Å². The lowest BCUT2D eigenvalue weighted by Gasteiger charge is -2.21. The van der Waals surface area contributed by atoms with E-state index in [9.17, 15) is 0 Å². The Labute approximate surface area is 295 Å². The number of fused-ring (bicyclic) bond motifs is 10. The van der Waals surface area contributed by atoms with Crippen LogP contribution < -0.4 is 0 Å². The Kier molecular flexibility index (Phi) is 6.02. The molecule has 11 aromatic rings. The molecule has 51 heavy (non-hydrogen) atoms. The molecule has 0 fully saturated rings. The lowest BCUT2D eigenvalue weighted by Crippen LogP contribution is -1.95. The molecule has 10 aromatic carbocycles. The van der Waals surface area contributed by atoms with Crippen molar-refractivity contribution in [2.24, 2.45) is 0 Å². The summed E-state index contributed by atoms with van der Waals surface area (Å²) in [5, 5.41) is 15.3. The molecule has 0 radical (unpaired) electrons. The van der Waals surface area contributed by atoms with E-state index in [-0.39, 0.29) is 0 Å². The first kappa shape index (κ1) is 28.2. The molecule has 11 rings (SSSR count). The SMILES string of the molecule is c1ccc2c(c1)cc(-c1c3ccccc3c(-c3ccc(-n4c5ccccc5c5ccccc54)cc3)c3ccc4ccccc4c13)c1ccccc12. The highest BCUT2D eigenvalue weighted by molar-refractivity contribution is 6.30. The molecule has 0 aliphatic rings. The summed E-state index contributed by atoms with van der Waals surface area (Å²) in [4.78, 5) is 0. The standard InChI is InChI=1S/C50H31N/c1-4-16-37-32(13-1)27-30-44-48(33-25-28-35(29-26-33)51-46-23-11-9-19-40(46)41-20-10-12-24-47(41)51)42-21-7-8-22-43(42)50(49(37)44)45-31-34-14-2-3-15-36(34)38-17-5-6-18-39(38)45/h1-31H. The fraction of sp³-hybridized carbons (Fsp3) is 0. The van der Waals surface area contributed by atoms with Crippen molar-refractivity contribution >= 4 is 75.7 Å². The van der Waals surface area contributed by atoms with Crippen molar-refractivity contribution in [2.45, 2.75) is 0 Å². The molecule has 0 aliphatic carbocycles. The van der Waals surface area contributed by atoms with Crippen molar-refractivity contribution < 1.29 is 0 Å². The van der Waals surface area contributed by atoms with E-state index >= 15 is 0 Å². The van der Waals surface area contributed by atoms with E-state index in [4.69, 9.17) is 0 Å². The van der Waals surface area contributed by atoms with Crippen molar-refractivity contribution in [1.29, 1.82) is 0 Å². The molecule has 0 saturated carbocycles. The van der Waals surface area contributed by atoms with Crippen LogP contribution in [0.2, 0.25) is 0 Å². The summed E-state index contributed by atoms with van der Waals surface area (Å²) < 4.78 is 2.39. The first-order chi connectivity index (χ1) is 25.3. The van der Waals surface area contributed by atoms with Gasteiger partial charge < -0.3 is 4.57 Å². The topological polar surface area (TPSA) is 4.93 Å². The smallest absolute Gasteiger partial charge is 0.0541 e. The molecule has 1 aromatic heterocycles. The third kappa shape index (κ3) is 4.09. The number of para-hydroxylation sites is 2. The van der Waals surface area contributed by atoms with Gasteiger partial charge in [-0.1, -0.05) is 158 Å². The van der Waals surface area contributed by atoms with Crippen LogP contribution in [0.4, 0.5) is 0 Å². The van der Waals surface area contributed by atoms with Gasteiger partial charge in [0, 0.05) is 16.5 Å². The second-order valence-electron chi connectivity index (χ2n) is 13.6. The quantitative estimate of drug-likeness (QED) is 0.133. The van der Waals surface area contributed by atoms with E-state index in [0.717, 1.165) is 5.69 Å². The lowest BCUT2D eigenvalue weighted by atomic mass is 9.82. The van der Waals surface area contributed by atoms with E-state index < -0.39 is 0 Å². The Hall–Kier alpha value is -6.70. The van der Waals surface area contributed by atoms with Crippen LogP contribution in [0.25, 0.3) is 104 Å². The summed E-state index contributed by atoms with van der Waals surface area (Å²) in [5.74, 6) is 0. The number of hydrogen-bond acceptors (Lipinski definition) is 0. The van der Waals surface area contributed by atoms with Crippen LogP contribution in [-0.2, 0) is 0 Å². The minimum absolute atomic E-state index is 1.16. The van der Waals surface area contributed by atoms with Crippen LogP contribution in [0.5, 0.6) is 0 Å². The zero-order valence-electron chi connectivity index (χ0n) is 27.8. The molecule has 0 amide bonds. The second-order valence-corrected chi connectivity index (χ2v) is 13.6. The van der Waals surface area contributed by atoms with E-state index in [1.54, 1.807) is 0 Å². The Morgan fingerprint density at radius 2 is 0.804 bits per heavy atom. The molecule has 1 heterocycles. The first-order valence-corrected chi connectivity index (χ1v) is 17.7. The molecule has 0 spiro atoms. The Bertz CT molecular complexity index is 3130. The highest BCUT2D eigenvalue weighted by Gasteiger charge is 2.21. The average Bonchev–Trinajstić information content (AvgIpc) is 3.54. The van der Waals surface area contributed by atoms with Crippen molar-refractivity contribution in [1.82, 2.24) is 4.57 Å². The van der Waals surface area contributed by atoms with Crippen molar-refractivity contribution in [2.75, 3.05) is 0 Å². The van der Waals surface area contributed by atoms with E-state index in [1.165, 1.54) is 97.9 Å². The van der Waals surface area contributed by atoms with Crippen LogP contribution in [-0.4, -0.2) is 4.57 Å². The normalized spacial score (nSPS) is 11.9. The molecule has 1 heteroatoms. The number of aromatic nitrogens is 1. The average molecular weight is 646 g/mol. The van der Waals surface area contributed by atoms with Crippen molar-refractivity contribution in [3.8, 4) is 27.9 Å². The third-order valence-electron chi connectivity index (χ3n) is 10.9. The summed E-state index contributed by atoms with van der Waals surface area (Å²) in [7, 11) is 0. The molecule has 236 valence electrons. The van der Waals surface area contributed by atoms with E-state index in [2.05, 4.69) is 193 Å². The van der Waals surface area contributed by atoms with Gasteiger partial charge in [0.1, 0.15) is 0 Å². The van der Waals surface area contributed by atoms with Gasteiger partial charge in [-0.3, -0.25) is 0 Å².